The zero-order chi connectivity index (χ0) is 28.9. The number of piperazine rings is 1. The van der Waals surface area contributed by atoms with Crippen molar-refractivity contribution >= 4 is 23.5 Å². The van der Waals surface area contributed by atoms with Crippen molar-refractivity contribution in [3.63, 3.8) is 0 Å². The highest BCUT2D eigenvalue weighted by Crippen LogP contribution is 2.25. The van der Waals surface area contributed by atoms with Crippen molar-refractivity contribution in [3.05, 3.63) is 84.3 Å². The van der Waals surface area contributed by atoms with Crippen molar-refractivity contribution in [2.75, 3.05) is 56.5 Å². The predicted molar refractivity (Wildman–Crippen MR) is 170 cm³/mol. The van der Waals surface area contributed by atoms with Gasteiger partial charge in [0.2, 0.25) is 5.91 Å². The molecule has 1 amide bonds. The number of amides is 1. The second kappa shape index (κ2) is 15.9. The standard InChI is InChI=1S/C24H34N4.C9H15NO/c1-18(2)8-9-22(19(3)4)17-25-21(6)26-23-10-11-24(20(5)16-23)28-14-12-27(7)13-15-28;1-3-5-8-6-10(7-8)9(11)4-2/h8-11,16-17,26H,1,6,12-15H2,2-5,7H3;4,8H,2-3,5-7H2,1H3/b9-8-,25-17-;. The largest absolute Gasteiger partial charge is 0.369 e. The summed E-state index contributed by atoms with van der Waals surface area (Å²) in [5.74, 6) is 1.45. The number of carbonyl (C=O) groups excluding carboxylic acids is 1. The predicted octanol–water partition coefficient (Wildman–Crippen LogP) is 6.60. The average molecular weight is 532 g/mol. The molecule has 2 aliphatic heterocycles. The molecule has 0 aliphatic carbocycles. The van der Waals surface area contributed by atoms with Crippen molar-refractivity contribution in [1.29, 1.82) is 0 Å². The van der Waals surface area contributed by atoms with Gasteiger partial charge in [-0.3, -0.25) is 4.79 Å². The minimum atomic E-state index is 0.0809. The molecule has 0 radical (unpaired) electrons. The molecule has 0 unspecified atom stereocenters. The zero-order valence-corrected chi connectivity index (χ0v) is 25.1. The van der Waals surface area contributed by atoms with Gasteiger partial charge in [-0.25, -0.2) is 4.99 Å². The van der Waals surface area contributed by atoms with Gasteiger partial charge in [0.05, 0.1) is 0 Å². The van der Waals surface area contributed by atoms with Crippen LogP contribution in [0, 0.1) is 12.8 Å². The Morgan fingerprint density at radius 3 is 2.31 bits per heavy atom. The molecule has 6 heteroatoms. The molecule has 0 aromatic heterocycles. The van der Waals surface area contributed by atoms with Crippen molar-refractivity contribution in [2.45, 2.75) is 47.5 Å². The number of aryl methyl sites for hydroxylation is 1. The Morgan fingerprint density at radius 1 is 1.10 bits per heavy atom. The molecule has 1 N–H and O–H groups in total. The normalized spacial score (nSPS) is 15.9. The number of nitrogens with one attached hydrogen (secondary N) is 1. The van der Waals surface area contributed by atoms with Crippen LogP contribution in [0.3, 0.4) is 0 Å². The Hall–Kier alpha value is -3.38. The van der Waals surface area contributed by atoms with Crippen molar-refractivity contribution in [2.24, 2.45) is 10.9 Å². The number of likely N-dealkylation sites (N-methyl/N-ethyl adjacent to an activating group) is 1. The number of carbonyl (C=O) groups is 1. The number of anilines is 2. The van der Waals surface area contributed by atoms with Gasteiger partial charge in [0.25, 0.3) is 0 Å². The van der Waals surface area contributed by atoms with E-state index in [1.165, 1.54) is 35.7 Å². The van der Waals surface area contributed by atoms with E-state index in [0.29, 0.717) is 5.82 Å². The first-order chi connectivity index (χ1) is 18.5. The first kappa shape index (κ1) is 31.8. The minimum absolute atomic E-state index is 0.0809. The fraction of sp³-hybridized carbons (Fsp3) is 0.455. The molecule has 39 heavy (non-hydrogen) atoms. The van der Waals surface area contributed by atoms with Crippen LogP contribution in [0.25, 0.3) is 0 Å². The minimum Gasteiger partial charge on any atom is -0.369 e. The summed E-state index contributed by atoms with van der Waals surface area (Å²) in [4.78, 5) is 22.1. The Balaban J connectivity index is 0.000000404. The van der Waals surface area contributed by atoms with Gasteiger partial charge in [-0.05, 0) is 82.5 Å². The van der Waals surface area contributed by atoms with Gasteiger partial charge in [-0.15, -0.1) is 0 Å². The van der Waals surface area contributed by atoms with Crippen LogP contribution in [0.4, 0.5) is 11.4 Å². The molecule has 1 aromatic carbocycles. The van der Waals surface area contributed by atoms with E-state index in [1.54, 1.807) is 0 Å². The summed E-state index contributed by atoms with van der Waals surface area (Å²) in [6.45, 7) is 28.1. The van der Waals surface area contributed by atoms with Crippen LogP contribution in [0.2, 0.25) is 0 Å². The fourth-order valence-corrected chi connectivity index (χ4v) is 4.52. The van der Waals surface area contributed by atoms with E-state index in [9.17, 15) is 4.79 Å². The second-order valence-electron chi connectivity index (χ2n) is 10.9. The molecule has 2 aliphatic rings. The summed E-state index contributed by atoms with van der Waals surface area (Å²) in [6, 6.07) is 6.46. The number of rotatable bonds is 10. The number of hydrogen-bond acceptors (Lipinski definition) is 5. The van der Waals surface area contributed by atoms with Gasteiger partial charge >= 0.3 is 0 Å². The highest BCUT2D eigenvalue weighted by molar-refractivity contribution is 5.87. The lowest BCUT2D eigenvalue weighted by atomic mass is 9.95. The number of aliphatic imine (C=N–C) groups is 1. The fourth-order valence-electron chi connectivity index (χ4n) is 4.52. The number of hydrogen-bond donors (Lipinski definition) is 1. The lowest BCUT2D eigenvalue weighted by Gasteiger charge is -2.38. The summed E-state index contributed by atoms with van der Waals surface area (Å²) >= 11 is 0. The highest BCUT2D eigenvalue weighted by Gasteiger charge is 2.27. The molecule has 1 aromatic rings. The molecule has 2 heterocycles. The smallest absolute Gasteiger partial charge is 0.245 e. The lowest BCUT2D eigenvalue weighted by Crippen LogP contribution is -2.49. The molecular formula is C33H49N5O. The second-order valence-corrected chi connectivity index (χ2v) is 10.9. The van der Waals surface area contributed by atoms with Crippen LogP contribution in [0.15, 0.2) is 83.7 Å². The van der Waals surface area contributed by atoms with Crippen LogP contribution in [-0.2, 0) is 4.79 Å². The van der Waals surface area contributed by atoms with E-state index >= 15 is 0 Å². The quantitative estimate of drug-likeness (QED) is 0.210. The van der Waals surface area contributed by atoms with Crippen LogP contribution >= 0.6 is 0 Å². The molecular weight excluding hydrogens is 482 g/mol. The Morgan fingerprint density at radius 2 is 1.77 bits per heavy atom. The Bertz CT molecular complexity index is 1100. The van der Waals surface area contributed by atoms with Crippen LogP contribution in [-0.4, -0.2) is 68.2 Å². The van der Waals surface area contributed by atoms with E-state index in [-0.39, 0.29) is 5.91 Å². The first-order valence-electron chi connectivity index (χ1n) is 14.0. The van der Waals surface area contributed by atoms with Gasteiger partial charge in [-0.2, -0.15) is 0 Å². The van der Waals surface area contributed by atoms with Gasteiger partial charge in [0.1, 0.15) is 5.82 Å². The maximum Gasteiger partial charge on any atom is 0.245 e. The molecule has 3 rings (SSSR count). The Kier molecular flexibility index (Phi) is 13.0. The van der Waals surface area contributed by atoms with Crippen LogP contribution in [0.1, 0.15) is 46.1 Å². The van der Waals surface area contributed by atoms with Crippen LogP contribution < -0.4 is 10.2 Å². The summed E-state index contributed by atoms with van der Waals surface area (Å²) in [6.07, 6.45) is 9.73. The monoisotopic (exact) mass is 531 g/mol. The third-order valence-corrected chi connectivity index (χ3v) is 6.95. The molecule has 6 nitrogen and oxygen atoms in total. The van der Waals surface area contributed by atoms with Crippen molar-refractivity contribution in [1.82, 2.24) is 9.80 Å². The average Bonchev–Trinajstić information content (AvgIpc) is 2.86. The first-order valence-corrected chi connectivity index (χ1v) is 14.0. The molecule has 212 valence electrons. The summed E-state index contributed by atoms with van der Waals surface area (Å²) in [5.41, 5.74) is 6.85. The molecule has 0 saturated carbocycles. The molecule has 0 spiro atoms. The van der Waals surface area contributed by atoms with Gasteiger partial charge in [-0.1, -0.05) is 56.4 Å². The van der Waals surface area contributed by atoms with E-state index in [2.05, 4.69) is 92.8 Å². The maximum atomic E-state index is 11.0. The third kappa shape index (κ3) is 10.7. The van der Waals surface area contributed by atoms with Crippen LogP contribution in [0.5, 0.6) is 0 Å². The third-order valence-electron chi connectivity index (χ3n) is 6.95. The Labute approximate surface area is 237 Å². The van der Waals surface area contributed by atoms with E-state index in [0.717, 1.165) is 62.0 Å². The molecule has 2 saturated heterocycles. The van der Waals surface area contributed by atoms with E-state index in [1.807, 2.05) is 30.2 Å². The van der Waals surface area contributed by atoms with Gasteiger partial charge in [0.15, 0.2) is 0 Å². The lowest BCUT2D eigenvalue weighted by molar-refractivity contribution is -0.132. The summed E-state index contributed by atoms with van der Waals surface area (Å²) < 4.78 is 0. The molecule has 2 fully saturated rings. The molecule has 0 bridgehead atoms. The SMILES string of the molecule is C=C(C)/C=C\C(/C=N\C(=C)Nc1ccc(N2CCN(C)CC2)c(C)c1)=C(C)C.C=CC(=O)N1CC(CCC)C1. The van der Waals surface area contributed by atoms with E-state index in [4.69, 9.17) is 0 Å². The topological polar surface area (TPSA) is 51.2 Å². The maximum absolute atomic E-state index is 11.0. The van der Waals surface area contributed by atoms with E-state index < -0.39 is 0 Å². The number of nitrogens with zero attached hydrogens (tertiary/aromatic N) is 4. The summed E-state index contributed by atoms with van der Waals surface area (Å²) in [7, 11) is 2.18. The zero-order valence-electron chi connectivity index (χ0n) is 25.1. The van der Waals surface area contributed by atoms with Crippen molar-refractivity contribution in [3.8, 4) is 0 Å². The number of likely N-dealkylation sites (tertiary alicyclic amines) is 1. The van der Waals surface area contributed by atoms with Gasteiger partial charge < -0.3 is 20.0 Å². The number of benzene rings is 1. The highest BCUT2D eigenvalue weighted by atomic mass is 16.2. The van der Waals surface area contributed by atoms with Gasteiger partial charge in [0, 0.05) is 56.9 Å². The summed E-state index contributed by atoms with van der Waals surface area (Å²) in [5, 5.41) is 3.30. The van der Waals surface area contributed by atoms with Crippen molar-refractivity contribution < 1.29 is 4.79 Å². The molecule has 0 atom stereocenters. The number of allylic oxidation sites excluding steroid dienone is 5.